The van der Waals surface area contributed by atoms with E-state index < -0.39 is 10.8 Å². The molecule has 3 rings (SSSR count). The number of hydrogen-bond acceptors (Lipinski definition) is 5. The average molecular weight is 367 g/mol. The molecule has 0 bridgehead atoms. The predicted octanol–water partition coefficient (Wildman–Crippen LogP) is 3.11. The first kappa shape index (κ1) is 17.1. The Labute approximate surface area is 150 Å². The van der Waals surface area contributed by atoms with Crippen molar-refractivity contribution in [1.29, 1.82) is 0 Å². The maximum Gasteiger partial charge on any atom is 0.254 e. The van der Waals surface area contributed by atoms with Gasteiger partial charge < -0.3 is 16.2 Å². The number of rotatable bonds is 4. The molecule has 1 aliphatic rings. The van der Waals surface area contributed by atoms with E-state index in [2.05, 4.69) is 23.0 Å². The van der Waals surface area contributed by atoms with Gasteiger partial charge in [-0.05, 0) is 49.9 Å². The summed E-state index contributed by atoms with van der Waals surface area (Å²) in [7, 11) is 0. The van der Waals surface area contributed by atoms with Crippen LogP contribution in [-0.2, 0) is 0 Å². The smallest absolute Gasteiger partial charge is 0.254 e. The normalized spacial score (nSPS) is 23.9. The van der Waals surface area contributed by atoms with E-state index in [1.807, 2.05) is 0 Å². The molecule has 1 aliphatic carbocycles. The Kier molecular flexibility index (Phi) is 4.76. The Hall–Kier alpha value is -1.70. The van der Waals surface area contributed by atoms with Crippen molar-refractivity contribution in [3.8, 4) is 0 Å². The number of hydrogen-bond donors (Lipinski definition) is 4. The Morgan fingerprint density at radius 1 is 1.38 bits per heavy atom. The summed E-state index contributed by atoms with van der Waals surface area (Å²) in [6, 6.07) is 7.21. The van der Waals surface area contributed by atoms with Gasteiger partial charge in [-0.25, -0.2) is 0 Å². The zero-order chi connectivity index (χ0) is 17.3. The number of nitrogens with one attached hydrogen (secondary N) is 1. The molecule has 4 N–H and O–H groups in total. The van der Waals surface area contributed by atoms with Gasteiger partial charge in [0, 0.05) is 16.9 Å². The summed E-state index contributed by atoms with van der Waals surface area (Å²) in [6.45, 7) is 0. The molecule has 1 heterocycles. The first-order chi connectivity index (χ1) is 11.3. The fourth-order valence-electron chi connectivity index (χ4n) is 2.85. The van der Waals surface area contributed by atoms with Crippen molar-refractivity contribution >= 4 is 41.6 Å². The third-order valence-electron chi connectivity index (χ3n) is 4.23. The molecule has 8 heteroatoms. The molecule has 1 amide bonds. The standard InChI is InChI=1S/C16H19ClN4O2S/c17-10-1-3-11(4-2-10)19-15-13(14(18)22)9-21(20-15)12-5-7-16(23,24)8-6-12/h1-4,9,12,23-24H,5-8H2,(H2,18,22)(H,19,20). The van der Waals surface area contributed by atoms with E-state index in [1.165, 1.54) is 0 Å². The number of amides is 1. The Bertz CT molecular complexity index is 735. The zero-order valence-electron chi connectivity index (χ0n) is 12.9. The SMILES string of the molecule is NC(=O)c1cn(C2CCC(O)(S)CC2)nc1Nc1ccc(Cl)cc1. The molecule has 0 saturated heterocycles. The Morgan fingerprint density at radius 2 is 2.00 bits per heavy atom. The number of benzene rings is 1. The van der Waals surface area contributed by atoms with Crippen molar-refractivity contribution in [1.82, 2.24) is 9.78 Å². The van der Waals surface area contributed by atoms with Gasteiger partial charge in [0.1, 0.15) is 10.5 Å². The zero-order valence-corrected chi connectivity index (χ0v) is 14.6. The van der Waals surface area contributed by atoms with Crippen LogP contribution in [0.3, 0.4) is 0 Å². The molecule has 24 heavy (non-hydrogen) atoms. The highest BCUT2D eigenvalue weighted by atomic mass is 35.5. The summed E-state index contributed by atoms with van der Waals surface area (Å²) >= 11 is 10.1. The number of primary amides is 1. The summed E-state index contributed by atoms with van der Waals surface area (Å²) in [5.41, 5.74) is 6.57. The van der Waals surface area contributed by atoms with Crippen molar-refractivity contribution in [2.75, 3.05) is 5.32 Å². The largest absolute Gasteiger partial charge is 0.380 e. The molecule has 1 saturated carbocycles. The van der Waals surface area contributed by atoms with Crippen molar-refractivity contribution in [2.24, 2.45) is 5.73 Å². The number of thiol groups is 1. The number of nitrogens with zero attached hydrogens (tertiary/aromatic N) is 2. The average Bonchev–Trinajstić information content (AvgIpc) is 2.93. The minimum Gasteiger partial charge on any atom is -0.380 e. The van der Waals surface area contributed by atoms with Gasteiger partial charge in [-0.15, -0.1) is 12.6 Å². The first-order valence-electron chi connectivity index (χ1n) is 7.70. The van der Waals surface area contributed by atoms with Crippen LogP contribution in [0.1, 0.15) is 42.1 Å². The third-order valence-corrected chi connectivity index (χ3v) is 4.93. The van der Waals surface area contributed by atoms with Gasteiger partial charge in [0.25, 0.3) is 5.91 Å². The number of halogens is 1. The van der Waals surface area contributed by atoms with E-state index in [0.29, 0.717) is 29.2 Å². The lowest BCUT2D eigenvalue weighted by molar-refractivity contribution is 0.0774. The molecule has 1 aromatic carbocycles. The molecule has 0 spiro atoms. The monoisotopic (exact) mass is 366 g/mol. The summed E-state index contributed by atoms with van der Waals surface area (Å²) in [6.07, 6.45) is 4.29. The van der Waals surface area contributed by atoms with E-state index in [4.69, 9.17) is 17.3 Å². The van der Waals surface area contributed by atoms with Crippen LogP contribution in [0, 0.1) is 0 Å². The highest BCUT2D eigenvalue weighted by Gasteiger charge is 2.31. The van der Waals surface area contributed by atoms with Gasteiger partial charge in [0.15, 0.2) is 5.82 Å². The van der Waals surface area contributed by atoms with Crippen LogP contribution in [-0.4, -0.2) is 25.7 Å². The number of anilines is 2. The molecular weight excluding hydrogens is 348 g/mol. The minimum atomic E-state index is -0.916. The maximum absolute atomic E-state index is 11.7. The van der Waals surface area contributed by atoms with Crippen molar-refractivity contribution in [3.05, 3.63) is 41.0 Å². The van der Waals surface area contributed by atoms with Gasteiger partial charge in [0.05, 0.1) is 6.04 Å². The fraction of sp³-hybridized carbons (Fsp3) is 0.375. The lowest BCUT2D eigenvalue weighted by Crippen LogP contribution is -2.29. The van der Waals surface area contributed by atoms with E-state index >= 15 is 0 Å². The molecule has 0 atom stereocenters. The van der Waals surface area contributed by atoms with Crippen molar-refractivity contribution in [2.45, 2.75) is 36.7 Å². The summed E-state index contributed by atoms with van der Waals surface area (Å²) in [5.74, 6) is -0.129. The number of carbonyl (C=O) groups is 1. The number of nitrogens with two attached hydrogens (primary N) is 1. The van der Waals surface area contributed by atoms with E-state index in [-0.39, 0.29) is 6.04 Å². The predicted molar refractivity (Wildman–Crippen MR) is 96.9 cm³/mol. The fourth-order valence-corrected chi connectivity index (χ4v) is 3.23. The summed E-state index contributed by atoms with van der Waals surface area (Å²) < 4.78 is 1.75. The van der Waals surface area contributed by atoms with Crippen LogP contribution in [0.5, 0.6) is 0 Å². The molecule has 6 nitrogen and oxygen atoms in total. The third kappa shape index (κ3) is 3.85. The number of aliphatic hydroxyl groups is 1. The molecule has 128 valence electrons. The van der Waals surface area contributed by atoms with Crippen molar-refractivity contribution in [3.63, 3.8) is 0 Å². The molecule has 0 radical (unpaired) electrons. The van der Waals surface area contributed by atoms with Crippen LogP contribution in [0.4, 0.5) is 11.5 Å². The van der Waals surface area contributed by atoms with Gasteiger partial charge in [-0.2, -0.15) is 5.10 Å². The van der Waals surface area contributed by atoms with Gasteiger partial charge in [-0.3, -0.25) is 9.48 Å². The van der Waals surface area contributed by atoms with Crippen LogP contribution in [0.25, 0.3) is 0 Å². The highest BCUT2D eigenvalue weighted by molar-refractivity contribution is 7.81. The number of aromatic nitrogens is 2. The van der Waals surface area contributed by atoms with Crippen LogP contribution in [0.2, 0.25) is 5.02 Å². The second-order valence-corrected chi connectivity index (χ2v) is 7.35. The lowest BCUT2D eigenvalue weighted by Gasteiger charge is -2.32. The van der Waals surface area contributed by atoms with E-state index in [9.17, 15) is 9.90 Å². The highest BCUT2D eigenvalue weighted by Crippen LogP contribution is 2.37. The number of carbonyl (C=O) groups excluding carboxylic acids is 1. The lowest BCUT2D eigenvalue weighted by atomic mass is 9.92. The molecule has 2 aromatic rings. The second-order valence-electron chi connectivity index (χ2n) is 6.08. The Morgan fingerprint density at radius 3 is 2.58 bits per heavy atom. The van der Waals surface area contributed by atoms with Gasteiger partial charge in [-0.1, -0.05) is 11.6 Å². The topological polar surface area (TPSA) is 93.2 Å². The second kappa shape index (κ2) is 6.66. The maximum atomic E-state index is 11.7. The molecule has 0 unspecified atom stereocenters. The quantitative estimate of drug-likeness (QED) is 0.494. The minimum absolute atomic E-state index is 0.108. The van der Waals surface area contributed by atoms with E-state index in [0.717, 1.165) is 18.5 Å². The Balaban J connectivity index is 1.83. The molecule has 1 fully saturated rings. The molecular formula is C16H19ClN4O2S. The summed E-state index contributed by atoms with van der Waals surface area (Å²) in [4.78, 5) is 10.8. The van der Waals surface area contributed by atoms with Gasteiger partial charge in [0.2, 0.25) is 0 Å². The van der Waals surface area contributed by atoms with Crippen LogP contribution in [0.15, 0.2) is 30.5 Å². The van der Waals surface area contributed by atoms with E-state index in [1.54, 1.807) is 35.1 Å². The summed E-state index contributed by atoms with van der Waals surface area (Å²) in [5, 5.41) is 18.2. The first-order valence-corrected chi connectivity index (χ1v) is 8.53. The van der Waals surface area contributed by atoms with Crippen molar-refractivity contribution < 1.29 is 9.90 Å². The van der Waals surface area contributed by atoms with Crippen LogP contribution >= 0.6 is 24.2 Å². The molecule has 1 aromatic heterocycles. The van der Waals surface area contributed by atoms with Gasteiger partial charge >= 0.3 is 0 Å². The van der Waals surface area contributed by atoms with Crippen LogP contribution < -0.4 is 11.1 Å². The molecule has 0 aliphatic heterocycles.